The summed E-state index contributed by atoms with van der Waals surface area (Å²) in [5.74, 6) is 2.43. The maximum atomic E-state index is 5.59. The van der Waals surface area contributed by atoms with Crippen molar-refractivity contribution >= 4 is 5.82 Å². The number of aromatic nitrogens is 1. The number of hydrogen-bond acceptors (Lipinski definition) is 4. The van der Waals surface area contributed by atoms with Gasteiger partial charge in [-0.05, 0) is 25.6 Å². The second-order valence-electron chi connectivity index (χ2n) is 3.76. The topological polar surface area (TPSA) is 51.4 Å². The van der Waals surface area contributed by atoms with Gasteiger partial charge in [0.05, 0.1) is 6.61 Å². The average Bonchev–Trinajstić information content (AvgIpc) is 2.19. The minimum absolute atomic E-state index is 0.612. The third-order valence-electron chi connectivity index (χ3n) is 2.64. The van der Waals surface area contributed by atoms with Crippen molar-refractivity contribution in [3.63, 3.8) is 0 Å². The monoisotopic (exact) mass is 207 g/mol. The number of rotatable bonds is 4. The lowest BCUT2D eigenvalue weighted by molar-refractivity contribution is 0.332. The van der Waals surface area contributed by atoms with Gasteiger partial charge in [0, 0.05) is 25.2 Å². The summed E-state index contributed by atoms with van der Waals surface area (Å²) in [7, 11) is 0. The molecule has 0 spiro atoms. The molecular weight excluding hydrogens is 190 g/mol. The molecule has 1 aromatic rings. The molecule has 1 fully saturated rings. The minimum atomic E-state index is 0.612. The van der Waals surface area contributed by atoms with Gasteiger partial charge in [0.1, 0.15) is 0 Å². The summed E-state index contributed by atoms with van der Waals surface area (Å²) in [6.45, 7) is 5.40. The molecule has 1 aliphatic heterocycles. The van der Waals surface area contributed by atoms with Gasteiger partial charge in [-0.2, -0.15) is 0 Å². The predicted molar refractivity (Wildman–Crippen MR) is 60.2 cm³/mol. The summed E-state index contributed by atoms with van der Waals surface area (Å²) >= 11 is 0. The minimum Gasteiger partial charge on any atom is -0.490 e. The van der Waals surface area contributed by atoms with Crippen molar-refractivity contribution in [1.29, 1.82) is 0 Å². The molecule has 15 heavy (non-hydrogen) atoms. The van der Waals surface area contributed by atoms with Gasteiger partial charge in [0.15, 0.2) is 11.6 Å². The van der Waals surface area contributed by atoms with E-state index < -0.39 is 0 Å². The molecule has 2 heterocycles. The van der Waals surface area contributed by atoms with Crippen LogP contribution < -0.4 is 15.4 Å². The zero-order valence-electron chi connectivity index (χ0n) is 9.02. The van der Waals surface area contributed by atoms with Crippen molar-refractivity contribution in [2.75, 3.05) is 31.1 Å². The number of nitrogens with two attached hydrogens (primary N) is 1. The number of hydrogen-bond donors (Lipinski definition) is 1. The van der Waals surface area contributed by atoms with Gasteiger partial charge in [-0.1, -0.05) is 0 Å². The quantitative estimate of drug-likeness (QED) is 0.796. The van der Waals surface area contributed by atoms with Gasteiger partial charge < -0.3 is 15.4 Å². The summed E-state index contributed by atoms with van der Waals surface area (Å²) in [4.78, 5) is 6.56. The van der Waals surface area contributed by atoms with Crippen LogP contribution in [0.5, 0.6) is 5.75 Å². The summed E-state index contributed by atoms with van der Waals surface area (Å²) in [5.41, 5.74) is 5.59. The van der Waals surface area contributed by atoms with Crippen molar-refractivity contribution in [3.8, 4) is 5.75 Å². The van der Waals surface area contributed by atoms with E-state index in [2.05, 4.69) is 9.88 Å². The molecule has 0 saturated carbocycles. The lowest BCUT2D eigenvalue weighted by atomic mass is 10.0. The molecule has 1 saturated heterocycles. The van der Waals surface area contributed by atoms with Crippen LogP contribution in [0.15, 0.2) is 18.3 Å². The second kappa shape index (κ2) is 4.49. The summed E-state index contributed by atoms with van der Waals surface area (Å²) < 4.78 is 5.53. The first kappa shape index (κ1) is 10.2. The lowest BCUT2D eigenvalue weighted by Crippen LogP contribution is -2.50. The predicted octanol–water partition coefficient (Wildman–Crippen LogP) is 0.875. The van der Waals surface area contributed by atoms with Crippen molar-refractivity contribution in [2.24, 2.45) is 11.7 Å². The molecule has 0 aromatic carbocycles. The fraction of sp³-hybridized carbons (Fsp3) is 0.545. The first-order valence-electron chi connectivity index (χ1n) is 5.38. The van der Waals surface area contributed by atoms with Crippen molar-refractivity contribution < 1.29 is 4.74 Å². The van der Waals surface area contributed by atoms with E-state index in [0.29, 0.717) is 12.5 Å². The molecule has 82 valence electrons. The average molecular weight is 207 g/mol. The van der Waals surface area contributed by atoms with E-state index in [1.165, 1.54) is 0 Å². The van der Waals surface area contributed by atoms with Gasteiger partial charge in [-0.25, -0.2) is 4.98 Å². The maximum Gasteiger partial charge on any atom is 0.171 e. The summed E-state index contributed by atoms with van der Waals surface area (Å²) in [5, 5.41) is 0. The fourth-order valence-corrected chi connectivity index (χ4v) is 1.78. The molecule has 0 unspecified atom stereocenters. The van der Waals surface area contributed by atoms with Gasteiger partial charge in [-0.15, -0.1) is 0 Å². The fourth-order valence-electron chi connectivity index (χ4n) is 1.78. The highest BCUT2D eigenvalue weighted by Gasteiger charge is 2.28. The highest BCUT2D eigenvalue weighted by molar-refractivity contribution is 5.53. The summed E-state index contributed by atoms with van der Waals surface area (Å²) in [6.07, 6.45) is 1.80. The maximum absolute atomic E-state index is 5.59. The molecular formula is C11H17N3O. The first-order chi connectivity index (χ1) is 7.35. The van der Waals surface area contributed by atoms with Crippen molar-refractivity contribution in [2.45, 2.75) is 6.92 Å². The third-order valence-corrected chi connectivity index (χ3v) is 2.64. The first-order valence-corrected chi connectivity index (χ1v) is 5.38. The van der Waals surface area contributed by atoms with Gasteiger partial charge in [-0.3, -0.25) is 0 Å². The molecule has 4 nitrogen and oxygen atoms in total. The van der Waals surface area contributed by atoms with Crippen molar-refractivity contribution in [3.05, 3.63) is 18.3 Å². The van der Waals surface area contributed by atoms with Gasteiger partial charge >= 0.3 is 0 Å². The molecule has 2 N–H and O–H groups in total. The molecule has 0 aliphatic carbocycles. The van der Waals surface area contributed by atoms with E-state index in [1.807, 2.05) is 19.1 Å². The lowest BCUT2D eigenvalue weighted by Gasteiger charge is -2.40. The zero-order chi connectivity index (χ0) is 10.7. The highest BCUT2D eigenvalue weighted by Crippen LogP contribution is 2.30. The number of anilines is 1. The number of ether oxygens (including phenoxy) is 1. The Hall–Kier alpha value is -1.29. The van der Waals surface area contributed by atoms with E-state index in [1.54, 1.807) is 6.20 Å². The Morgan fingerprint density at radius 1 is 1.60 bits per heavy atom. The van der Waals surface area contributed by atoms with Crippen LogP contribution in [-0.2, 0) is 0 Å². The largest absolute Gasteiger partial charge is 0.490 e. The van der Waals surface area contributed by atoms with Crippen LogP contribution >= 0.6 is 0 Å². The third kappa shape index (κ3) is 2.04. The van der Waals surface area contributed by atoms with Crippen LogP contribution in [0.1, 0.15) is 6.92 Å². The second-order valence-corrected chi connectivity index (χ2v) is 3.76. The van der Waals surface area contributed by atoms with Crippen molar-refractivity contribution in [1.82, 2.24) is 4.98 Å². The molecule has 1 aromatic heterocycles. The molecule has 2 rings (SSSR count). The van der Waals surface area contributed by atoms with E-state index in [4.69, 9.17) is 10.5 Å². The highest BCUT2D eigenvalue weighted by atomic mass is 16.5. The SMILES string of the molecule is CCOc1cccnc1N1CC(CN)C1. The Morgan fingerprint density at radius 3 is 3.07 bits per heavy atom. The molecule has 0 radical (unpaired) electrons. The van der Waals surface area contributed by atoms with Crippen LogP contribution in [0.3, 0.4) is 0 Å². The van der Waals surface area contributed by atoms with Gasteiger partial charge in [0.2, 0.25) is 0 Å². The van der Waals surface area contributed by atoms with Gasteiger partial charge in [0.25, 0.3) is 0 Å². The van der Waals surface area contributed by atoms with E-state index >= 15 is 0 Å². The Kier molecular flexibility index (Phi) is 3.06. The van der Waals surface area contributed by atoms with Crippen LogP contribution in [-0.4, -0.2) is 31.2 Å². The zero-order valence-corrected chi connectivity index (χ0v) is 9.02. The molecule has 0 atom stereocenters. The Bertz CT molecular complexity index is 323. The molecule has 0 amide bonds. The Morgan fingerprint density at radius 2 is 2.40 bits per heavy atom. The van der Waals surface area contributed by atoms with Crippen LogP contribution in [0.2, 0.25) is 0 Å². The normalized spacial score (nSPS) is 16.3. The van der Waals surface area contributed by atoms with E-state index in [9.17, 15) is 0 Å². The van der Waals surface area contributed by atoms with Crippen LogP contribution in [0, 0.1) is 5.92 Å². The van der Waals surface area contributed by atoms with Crippen LogP contribution in [0.4, 0.5) is 5.82 Å². The number of pyridine rings is 1. The molecule has 4 heteroatoms. The van der Waals surface area contributed by atoms with E-state index in [-0.39, 0.29) is 0 Å². The number of nitrogens with zero attached hydrogens (tertiary/aromatic N) is 2. The Labute approximate surface area is 90.0 Å². The molecule has 0 bridgehead atoms. The van der Waals surface area contributed by atoms with Crippen LogP contribution in [0.25, 0.3) is 0 Å². The standard InChI is InChI=1S/C11H17N3O/c1-2-15-10-4-3-5-13-11(10)14-7-9(6-12)8-14/h3-5,9H,2,6-8,12H2,1H3. The Balaban J connectivity index is 2.07. The van der Waals surface area contributed by atoms with E-state index in [0.717, 1.165) is 31.2 Å². The molecule has 1 aliphatic rings. The summed E-state index contributed by atoms with van der Waals surface area (Å²) in [6, 6.07) is 3.86. The smallest absolute Gasteiger partial charge is 0.171 e.